The Labute approximate surface area is 74.9 Å². The Kier molecular flexibility index (Phi) is 1.92. The largest absolute Gasteiger partial charge is 0.481 e. The predicted molar refractivity (Wildman–Crippen MR) is 43.7 cm³/mol. The first-order chi connectivity index (χ1) is 6.27. The minimum absolute atomic E-state index is 0.0185. The van der Waals surface area contributed by atoms with Crippen molar-refractivity contribution in [2.24, 2.45) is 0 Å². The average Bonchev–Trinajstić information content (AvgIpc) is 2.48. The summed E-state index contributed by atoms with van der Waals surface area (Å²) in [6.45, 7) is 1.47. The number of fused-ring (bicyclic) bond motifs is 1. The van der Waals surface area contributed by atoms with E-state index in [1.165, 1.54) is 0 Å². The molecular formula is C8H10N2O3. The molecule has 0 amide bonds. The van der Waals surface area contributed by atoms with E-state index in [0.29, 0.717) is 18.1 Å². The molecule has 1 aliphatic heterocycles. The molecule has 2 rings (SSSR count). The van der Waals surface area contributed by atoms with Gasteiger partial charge in [0, 0.05) is 18.5 Å². The van der Waals surface area contributed by atoms with Crippen LogP contribution in [0.1, 0.15) is 12.0 Å². The first kappa shape index (κ1) is 8.10. The van der Waals surface area contributed by atoms with Crippen LogP contribution < -0.4 is 4.74 Å². The van der Waals surface area contributed by atoms with Crippen LogP contribution in [0.25, 0.3) is 0 Å². The quantitative estimate of drug-likeness (QED) is 0.714. The molecule has 1 aromatic heterocycles. The number of carboxylic acids is 1. The molecule has 0 fully saturated rings. The molecule has 5 heteroatoms. The smallest absolute Gasteiger partial charge is 0.308 e. The minimum atomic E-state index is -0.857. The van der Waals surface area contributed by atoms with E-state index in [9.17, 15) is 4.79 Å². The molecule has 0 radical (unpaired) electrons. The van der Waals surface area contributed by atoms with Gasteiger partial charge in [0.1, 0.15) is 0 Å². The van der Waals surface area contributed by atoms with Gasteiger partial charge in [-0.05, 0) is 0 Å². The van der Waals surface area contributed by atoms with Crippen LogP contribution >= 0.6 is 0 Å². The number of hydrogen-bond donors (Lipinski definition) is 1. The van der Waals surface area contributed by atoms with Crippen molar-refractivity contribution < 1.29 is 14.6 Å². The van der Waals surface area contributed by atoms with Gasteiger partial charge >= 0.3 is 5.97 Å². The highest BCUT2D eigenvalue weighted by Gasteiger charge is 2.17. The van der Waals surface area contributed by atoms with Crippen LogP contribution in [0, 0.1) is 0 Å². The van der Waals surface area contributed by atoms with Gasteiger partial charge in [-0.2, -0.15) is 5.10 Å². The molecule has 1 aliphatic rings. The lowest BCUT2D eigenvalue weighted by molar-refractivity contribution is -0.136. The van der Waals surface area contributed by atoms with Gasteiger partial charge in [0.05, 0.1) is 19.2 Å². The number of aryl methyl sites for hydroxylation is 1. The van der Waals surface area contributed by atoms with Crippen molar-refractivity contribution in [1.82, 2.24) is 9.78 Å². The summed E-state index contributed by atoms with van der Waals surface area (Å²) < 4.78 is 7.04. The Hall–Kier alpha value is -1.52. The summed E-state index contributed by atoms with van der Waals surface area (Å²) in [5.41, 5.74) is 0.659. The van der Waals surface area contributed by atoms with Crippen LogP contribution in [0.2, 0.25) is 0 Å². The van der Waals surface area contributed by atoms with Crippen molar-refractivity contribution in [2.45, 2.75) is 19.4 Å². The van der Waals surface area contributed by atoms with Gasteiger partial charge in [-0.1, -0.05) is 0 Å². The van der Waals surface area contributed by atoms with E-state index in [-0.39, 0.29) is 6.42 Å². The van der Waals surface area contributed by atoms with Crippen LogP contribution in [0.4, 0.5) is 0 Å². The minimum Gasteiger partial charge on any atom is -0.481 e. The number of ether oxygens (including phenoxy) is 1. The number of aromatic nitrogens is 2. The monoisotopic (exact) mass is 182 g/mol. The van der Waals surface area contributed by atoms with Crippen molar-refractivity contribution in [3.05, 3.63) is 11.8 Å². The molecule has 5 nitrogen and oxygen atoms in total. The maximum atomic E-state index is 10.5. The van der Waals surface area contributed by atoms with E-state index in [2.05, 4.69) is 5.10 Å². The van der Waals surface area contributed by atoms with E-state index in [0.717, 1.165) is 13.0 Å². The van der Waals surface area contributed by atoms with Gasteiger partial charge in [0.25, 0.3) is 0 Å². The zero-order chi connectivity index (χ0) is 9.26. The maximum Gasteiger partial charge on any atom is 0.308 e. The van der Waals surface area contributed by atoms with Gasteiger partial charge in [-0.3, -0.25) is 4.79 Å². The molecule has 0 saturated heterocycles. The van der Waals surface area contributed by atoms with Gasteiger partial charge in [-0.15, -0.1) is 0 Å². The van der Waals surface area contributed by atoms with Crippen molar-refractivity contribution >= 4 is 5.97 Å². The van der Waals surface area contributed by atoms with Crippen LogP contribution in [0.3, 0.4) is 0 Å². The Morgan fingerprint density at radius 1 is 1.77 bits per heavy atom. The summed E-state index contributed by atoms with van der Waals surface area (Å²) in [6, 6.07) is 0. The highest BCUT2D eigenvalue weighted by molar-refractivity contribution is 5.70. The topological polar surface area (TPSA) is 64.3 Å². The third-order valence-corrected chi connectivity index (χ3v) is 1.96. The fourth-order valence-corrected chi connectivity index (χ4v) is 1.41. The van der Waals surface area contributed by atoms with Gasteiger partial charge in [-0.25, -0.2) is 4.68 Å². The lowest BCUT2D eigenvalue weighted by atomic mass is 10.2. The summed E-state index contributed by atoms with van der Waals surface area (Å²) >= 11 is 0. The molecule has 2 heterocycles. The molecule has 0 aromatic carbocycles. The SMILES string of the molecule is O=C(O)Cc1cnn2c1OCCC2. The Morgan fingerprint density at radius 3 is 3.38 bits per heavy atom. The van der Waals surface area contributed by atoms with Crippen LogP contribution in [0.15, 0.2) is 6.20 Å². The Bertz CT molecular complexity index is 332. The predicted octanol–water partition coefficient (Wildman–Crippen LogP) is 0.293. The summed E-state index contributed by atoms with van der Waals surface area (Å²) in [4.78, 5) is 10.5. The zero-order valence-corrected chi connectivity index (χ0v) is 7.06. The molecule has 70 valence electrons. The molecule has 0 unspecified atom stereocenters. The van der Waals surface area contributed by atoms with Crippen molar-refractivity contribution in [3.63, 3.8) is 0 Å². The van der Waals surface area contributed by atoms with E-state index < -0.39 is 5.97 Å². The van der Waals surface area contributed by atoms with Crippen LogP contribution in [0.5, 0.6) is 5.88 Å². The average molecular weight is 182 g/mol. The number of aliphatic carboxylic acids is 1. The lowest BCUT2D eigenvalue weighted by Crippen LogP contribution is -2.15. The first-order valence-electron chi connectivity index (χ1n) is 4.16. The maximum absolute atomic E-state index is 10.5. The summed E-state index contributed by atoms with van der Waals surface area (Å²) in [5.74, 6) is -0.237. The fourth-order valence-electron chi connectivity index (χ4n) is 1.41. The van der Waals surface area contributed by atoms with Crippen molar-refractivity contribution in [1.29, 1.82) is 0 Å². The van der Waals surface area contributed by atoms with Crippen LogP contribution in [-0.4, -0.2) is 27.5 Å². The molecule has 0 aliphatic carbocycles. The highest BCUT2D eigenvalue weighted by atomic mass is 16.5. The molecular weight excluding hydrogens is 172 g/mol. The molecule has 0 atom stereocenters. The van der Waals surface area contributed by atoms with E-state index in [4.69, 9.17) is 9.84 Å². The number of carboxylic acid groups (broad SMARTS) is 1. The standard InChI is InChI=1S/C8H10N2O3/c11-7(12)4-6-5-9-10-2-1-3-13-8(6)10/h5H,1-4H2,(H,11,12). The first-order valence-corrected chi connectivity index (χ1v) is 4.16. The van der Waals surface area contributed by atoms with Crippen LogP contribution in [-0.2, 0) is 17.8 Å². The Balaban J connectivity index is 2.26. The van der Waals surface area contributed by atoms with Gasteiger partial charge in [0.2, 0.25) is 5.88 Å². The molecule has 1 aromatic rings. The normalized spacial score (nSPS) is 14.8. The second kappa shape index (κ2) is 3.08. The van der Waals surface area contributed by atoms with Gasteiger partial charge in [0.15, 0.2) is 0 Å². The van der Waals surface area contributed by atoms with E-state index in [1.54, 1.807) is 10.9 Å². The summed E-state index contributed by atoms with van der Waals surface area (Å²) in [5, 5.41) is 12.6. The summed E-state index contributed by atoms with van der Waals surface area (Å²) in [7, 11) is 0. The molecule has 1 N–H and O–H groups in total. The molecule has 13 heavy (non-hydrogen) atoms. The van der Waals surface area contributed by atoms with E-state index in [1.807, 2.05) is 0 Å². The molecule has 0 spiro atoms. The molecule has 0 saturated carbocycles. The molecule has 0 bridgehead atoms. The van der Waals surface area contributed by atoms with Gasteiger partial charge < -0.3 is 9.84 Å². The van der Waals surface area contributed by atoms with E-state index >= 15 is 0 Å². The fraction of sp³-hybridized carbons (Fsp3) is 0.500. The third-order valence-electron chi connectivity index (χ3n) is 1.96. The second-order valence-corrected chi connectivity index (χ2v) is 2.97. The third kappa shape index (κ3) is 1.49. The highest BCUT2D eigenvalue weighted by Crippen LogP contribution is 2.22. The zero-order valence-electron chi connectivity index (χ0n) is 7.06. The van der Waals surface area contributed by atoms with Crippen molar-refractivity contribution in [3.8, 4) is 5.88 Å². The van der Waals surface area contributed by atoms with Crippen molar-refractivity contribution in [2.75, 3.05) is 6.61 Å². The number of hydrogen-bond acceptors (Lipinski definition) is 3. The lowest BCUT2D eigenvalue weighted by Gasteiger charge is -2.15. The number of nitrogens with zero attached hydrogens (tertiary/aromatic N) is 2. The second-order valence-electron chi connectivity index (χ2n) is 2.97. The summed E-state index contributed by atoms with van der Waals surface area (Å²) in [6.07, 6.45) is 2.48. The Morgan fingerprint density at radius 2 is 2.62 bits per heavy atom. The number of rotatable bonds is 2. The number of carbonyl (C=O) groups is 1.